The molecule has 0 fully saturated rings. The summed E-state index contributed by atoms with van der Waals surface area (Å²) in [6.07, 6.45) is 0. The predicted octanol–water partition coefficient (Wildman–Crippen LogP) is 3.73. The summed E-state index contributed by atoms with van der Waals surface area (Å²) in [5, 5.41) is 19.0. The van der Waals surface area contributed by atoms with E-state index in [9.17, 15) is 9.50 Å². The number of fused-ring (bicyclic) bond motifs is 1. The highest BCUT2D eigenvalue weighted by Crippen LogP contribution is 2.37. The van der Waals surface area contributed by atoms with Gasteiger partial charge in [0.05, 0.1) is 12.0 Å². The first kappa shape index (κ1) is 13.2. The summed E-state index contributed by atoms with van der Waals surface area (Å²) in [5.74, 6) is -0.616. The van der Waals surface area contributed by atoms with Crippen LogP contribution < -0.4 is 4.74 Å². The van der Waals surface area contributed by atoms with Crippen molar-refractivity contribution < 1.29 is 18.7 Å². The zero-order valence-corrected chi connectivity index (χ0v) is 10.8. The summed E-state index contributed by atoms with van der Waals surface area (Å²) in [6, 6.07) is 13.1. The zero-order valence-electron chi connectivity index (χ0n) is 10.8. The minimum Gasteiger partial charge on any atom is -0.448 e. The van der Waals surface area contributed by atoms with Crippen molar-refractivity contribution in [3.05, 3.63) is 59.6 Å². The Morgan fingerprint density at radius 3 is 2.71 bits per heavy atom. The molecule has 0 radical (unpaired) electrons. The lowest BCUT2D eigenvalue weighted by atomic mass is 10.2. The van der Waals surface area contributed by atoms with Gasteiger partial charge in [-0.25, -0.2) is 4.39 Å². The number of ether oxygens (including phenoxy) is 1. The fourth-order valence-corrected chi connectivity index (χ4v) is 2.09. The van der Waals surface area contributed by atoms with E-state index in [0.29, 0.717) is 16.5 Å². The molecule has 21 heavy (non-hydrogen) atoms. The van der Waals surface area contributed by atoms with Gasteiger partial charge in [0.15, 0.2) is 17.3 Å². The summed E-state index contributed by atoms with van der Waals surface area (Å²) >= 11 is 0. The number of furan rings is 1. The molecule has 0 unspecified atom stereocenters. The summed E-state index contributed by atoms with van der Waals surface area (Å²) in [5.41, 5.74) is 0.773. The molecule has 0 aliphatic heterocycles. The van der Waals surface area contributed by atoms with Crippen molar-refractivity contribution in [3.8, 4) is 17.6 Å². The molecule has 104 valence electrons. The maximum Gasteiger partial charge on any atom is 0.247 e. The molecule has 0 saturated heterocycles. The van der Waals surface area contributed by atoms with Gasteiger partial charge in [0.2, 0.25) is 5.76 Å². The van der Waals surface area contributed by atoms with Crippen molar-refractivity contribution >= 4 is 11.0 Å². The summed E-state index contributed by atoms with van der Waals surface area (Å²) in [7, 11) is 0. The van der Waals surface area contributed by atoms with Gasteiger partial charge in [0, 0.05) is 5.56 Å². The third-order valence-electron chi connectivity index (χ3n) is 3.07. The fraction of sp³-hybridized carbons (Fsp3) is 0.0625. The third kappa shape index (κ3) is 2.22. The van der Waals surface area contributed by atoms with Crippen LogP contribution in [-0.2, 0) is 6.61 Å². The van der Waals surface area contributed by atoms with Gasteiger partial charge in [0.1, 0.15) is 11.7 Å². The van der Waals surface area contributed by atoms with E-state index in [2.05, 4.69) is 0 Å². The molecular formula is C16H10FNO3. The van der Waals surface area contributed by atoms with Crippen molar-refractivity contribution in [2.45, 2.75) is 6.61 Å². The second-order valence-corrected chi connectivity index (χ2v) is 4.36. The van der Waals surface area contributed by atoms with E-state index in [1.54, 1.807) is 30.3 Å². The van der Waals surface area contributed by atoms with Crippen LogP contribution in [-0.4, -0.2) is 5.11 Å². The van der Waals surface area contributed by atoms with E-state index in [-0.39, 0.29) is 23.9 Å². The quantitative estimate of drug-likeness (QED) is 0.795. The first-order valence-electron chi connectivity index (χ1n) is 6.22. The number of halogens is 1. The fourth-order valence-electron chi connectivity index (χ4n) is 2.09. The van der Waals surface area contributed by atoms with E-state index < -0.39 is 5.82 Å². The Labute approximate surface area is 119 Å². The standard InChI is InChI=1S/C16H10FNO3/c17-12-6-3-4-10(9-19)15(12)21-16-11-5-1-2-7-13(11)20-14(16)8-18/h1-7,19H,9H2. The van der Waals surface area contributed by atoms with Gasteiger partial charge in [-0.2, -0.15) is 5.26 Å². The molecule has 0 saturated carbocycles. The average Bonchev–Trinajstić information content (AvgIpc) is 2.87. The van der Waals surface area contributed by atoms with Gasteiger partial charge in [-0.3, -0.25) is 0 Å². The molecule has 5 heteroatoms. The lowest BCUT2D eigenvalue weighted by Gasteiger charge is -2.09. The van der Waals surface area contributed by atoms with Crippen LogP contribution in [0, 0.1) is 17.1 Å². The smallest absolute Gasteiger partial charge is 0.247 e. The molecule has 1 heterocycles. The Morgan fingerprint density at radius 1 is 1.14 bits per heavy atom. The molecular weight excluding hydrogens is 273 g/mol. The molecule has 3 rings (SSSR count). The molecule has 0 spiro atoms. The van der Waals surface area contributed by atoms with Crippen LogP contribution in [0.25, 0.3) is 11.0 Å². The first-order valence-corrected chi connectivity index (χ1v) is 6.22. The van der Waals surface area contributed by atoms with E-state index >= 15 is 0 Å². The van der Waals surface area contributed by atoms with E-state index in [1.807, 2.05) is 6.07 Å². The number of aliphatic hydroxyl groups excluding tert-OH is 1. The minimum absolute atomic E-state index is 0.0386. The lowest BCUT2D eigenvalue weighted by Crippen LogP contribution is -1.95. The number of benzene rings is 2. The number of rotatable bonds is 3. The maximum absolute atomic E-state index is 13.9. The Balaban J connectivity index is 2.17. The molecule has 4 nitrogen and oxygen atoms in total. The number of nitriles is 1. The SMILES string of the molecule is N#Cc1oc2ccccc2c1Oc1c(F)cccc1CO. The van der Waals surface area contributed by atoms with Gasteiger partial charge in [-0.05, 0) is 18.2 Å². The molecule has 0 aliphatic carbocycles. The third-order valence-corrected chi connectivity index (χ3v) is 3.07. The summed E-state index contributed by atoms with van der Waals surface area (Å²) < 4.78 is 24.8. The molecule has 1 aromatic heterocycles. The van der Waals surface area contributed by atoms with Crippen molar-refractivity contribution in [3.63, 3.8) is 0 Å². The van der Waals surface area contributed by atoms with Crippen LogP contribution in [0.3, 0.4) is 0 Å². The second-order valence-electron chi connectivity index (χ2n) is 4.36. The van der Waals surface area contributed by atoms with Gasteiger partial charge < -0.3 is 14.3 Å². The minimum atomic E-state index is -0.615. The second kappa shape index (κ2) is 5.27. The average molecular weight is 283 g/mol. The number of aliphatic hydroxyl groups is 1. The maximum atomic E-state index is 13.9. The Morgan fingerprint density at radius 2 is 1.95 bits per heavy atom. The van der Waals surface area contributed by atoms with E-state index in [4.69, 9.17) is 14.4 Å². The number of para-hydroxylation sites is 2. The Bertz CT molecular complexity index is 848. The summed E-state index contributed by atoms with van der Waals surface area (Å²) in [4.78, 5) is 0. The van der Waals surface area contributed by atoms with Crippen LogP contribution in [0.2, 0.25) is 0 Å². The first-order chi connectivity index (χ1) is 10.2. The molecule has 0 atom stereocenters. The van der Waals surface area contributed by atoms with Crippen LogP contribution in [0.4, 0.5) is 4.39 Å². The number of hydrogen-bond acceptors (Lipinski definition) is 4. The highest BCUT2D eigenvalue weighted by molar-refractivity contribution is 5.86. The highest BCUT2D eigenvalue weighted by Gasteiger charge is 2.19. The van der Waals surface area contributed by atoms with Crippen molar-refractivity contribution in [1.29, 1.82) is 5.26 Å². The lowest BCUT2D eigenvalue weighted by molar-refractivity contribution is 0.274. The van der Waals surface area contributed by atoms with Crippen LogP contribution in [0.1, 0.15) is 11.3 Å². The van der Waals surface area contributed by atoms with Crippen LogP contribution >= 0.6 is 0 Å². The van der Waals surface area contributed by atoms with Crippen LogP contribution in [0.15, 0.2) is 46.9 Å². The van der Waals surface area contributed by atoms with Gasteiger partial charge in [-0.15, -0.1) is 0 Å². The van der Waals surface area contributed by atoms with Crippen molar-refractivity contribution in [1.82, 2.24) is 0 Å². The Kier molecular flexibility index (Phi) is 3.30. The van der Waals surface area contributed by atoms with Crippen LogP contribution in [0.5, 0.6) is 11.5 Å². The summed E-state index contributed by atoms with van der Waals surface area (Å²) in [6.45, 7) is -0.370. The molecule has 3 aromatic rings. The normalized spacial score (nSPS) is 10.5. The largest absolute Gasteiger partial charge is 0.448 e. The van der Waals surface area contributed by atoms with Gasteiger partial charge in [-0.1, -0.05) is 24.3 Å². The molecule has 0 amide bonds. The highest BCUT2D eigenvalue weighted by atomic mass is 19.1. The predicted molar refractivity (Wildman–Crippen MR) is 73.3 cm³/mol. The number of hydrogen-bond donors (Lipinski definition) is 1. The van der Waals surface area contributed by atoms with E-state index in [1.165, 1.54) is 12.1 Å². The topological polar surface area (TPSA) is 66.4 Å². The van der Waals surface area contributed by atoms with Crippen molar-refractivity contribution in [2.24, 2.45) is 0 Å². The molecule has 1 N–H and O–H groups in total. The van der Waals surface area contributed by atoms with Crippen molar-refractivity contribution in [2.75, 3.05) is 0 Å². The number of nitrogens with zero attached hydrogens (tertiary/aromatic N) is 1. The van der Waals surface area contributed by atoms with Gasteiger partial charge >= 0.3 is 0 Å². The molecule has 0 bridgehead atoms. The van der Waals surface area contributed by atoms with Gasteiger partial charge in [0.25, 0.3) is 0 Å². The Hall–Kier alpha value is -2.84. The monoisotopic (exact) mass is 283 g/mol. The molecule has 2 aromatic carbocycles. The molecule has 0 aliphatic rings. The van der Waals surface area contributed by atoms with E-state index in [0.717, 1.165) is 0 Å². The zero-order chi connectivity index (χ0) is 14.8.